The second-order valence-electron chi connectivity index (χ2n) is 7.11. The molecule has 0 aliphatic carbocycles. The second-order valence-corrected chi connectivity index (χ2v) is 9.05. The van der Waals surface area contributed by atoms with Gasteiger partial charge in [-0.15, -0.1) is 0 Å². The van der Waals surface area contributed by atoms with Crippen LogP contribution in [-0.4, -0.2) is 43.9 Å². The number of hydrogen-bond acceptors (Lipinski definition) is 4. The van der Waals surface area contributed by atoms with Crippen LogP contribution in [0.15, 0.2) is 53.4 Å². The van der Waals surface area contributed by atoms with E-state index < -0.39 is 10.0 Å². The molecule has 0 aromatic heterocycles. The summed E-state index contributed by atoms with van der Waals surface area (Å²) in [6.07, 6.45) is 0.583. The number of carbonyl (C=O) groups is 1. The van der Waals surface area contributed by atoms with Gasteiger partial charge in [0.05, 0.1) is 17.1 Å². The predicted molar refractivity (Wildman–Crippen MR) is 109 cm³/mol. The van der Waals surface area contributed by atoms with Crippen molar-refractivity contribution in [3.05, 3.63) is 59.7 Å². The van der Waals surface area contributed by atoms with Gasteiger partial charge < -0.3 is 10.1 Å². The second kappa shape index (κ2) is 8.43. The lowest BCUT2D eigenvalue weighted by molar-refractivity contribution is -0.0440. The number of ether oxygens (including phenoxy) is 1. The van der Waals surface area contributed by atoms with E-state index in [0.29, 0.717) is 18.7 Å². The smallest absolute Gasteiger partial charge is 0.255 e. The minimum absolute atomic E-state index is 0.150. The van der Waals surface area contributed by atoms with Crippen LogP contribution in [0.5, 0.6) is 0 Å². The molecule has 0 radical (unpaired) electrons. The number of nitrogens with zero attached hydrogens (tertiary/aromatic N) is 1. The van der Waals surface area contributed by atoms with Crippen LogP contribution in [0, 0.1) is 0 Å². The molecule has 1 heterocycles. The molecule has 6 nitrogen and oxygen atoms in total. The summed E-state index contributed by atoms with van der Waals surface area (Å²) < 4.78 is 32.8. The molecule has 0 spiro atoms. The summed E-state index contributed by atoms with van der Waals surface area (Å²) in [5.41, 5.74) is 2.26. The Morgan fingerprint density at radius 1 is 1.11 bits per heavy atom. The molecule has 150 valence electrons. The number of sulfonamides is 1. The third-order valence-corrected chi connectivity index (χ3v) is 6.58. The number of benzene rings is 2. The molecule has 1 amide bonds. The maximum absolute atomic E-state index is 12.9. The van der Waals surface area contributed by atoms with Gasteiger partial charge in [-0.25, -0.2) is 8.42 Å². The van der Waals surface area contributed by atoms with Crippen molar-refractivity contribution in [1.82, 2.24) is 4.31 Å². The van der Waals surface area contributed by atoms with Gasteiger partial charge in [0.1, 0.15) is 0 Å². The predicted octanol–water partition coefficient (Wildman–Crippen LogP) is 3.30. The van der Waals surface area contributed by atoms with Crippen LogP contribution in [-0.2, 0) is 21.2 Å². The summed E-state index contributed by atoms with van der Waals surface area (Å²) in [7, 11) is -3.62. The van der Waals surface area contributed by atoms with E-state index in [1.54, 1.807) is 12.1 Å². The van der Waals surface area contributed by atoms with E-state index >= 15 is 0 Å². The van der Waals surface area contributed by atoms with Gasteiger partial charge in [-0.1, -0.05) is 19.1 Å². The van der Waals surface area contributed by atoms with E-state index in [4.69, 9.17) is 4.74 Å². The number of morpholine rings is 1. The van der Waals surface area contributed by atoms with Crippen molar-refractivity contribution in [3.8, 4) is 0 Å². The maximum atomic E-state index is 12.9. The van der Waals surface area contributed by atoms with E-state index in [0.717, 1.165) is 17.7 Å². The molecule has 1 fully saturated rings. The highest BCUT2D eigenvalue weighted by Crippen LogP contribution is 2.22. The summed E-state index contributed by atoms with van der Waals surface area (Å²) in [4.78, 5) is 12.7. The van der Waals surface area contributed by atoms with Crippen molar-refractivity contribution in [1.29, 1.82) is 0 Å². The molecule has 7 heteroatoms. The lowest BCUT2D eigenvalue weighted by Crippen LogP contribution is -2.48. The lowest BCUT2D eigenvalue weighted by Gasteiger charge is -2.34. The van der Waals surface area contributed by atoms with Gasteiger partial charge in [-0.3, -0.25) is 4.79 Å². The third-order valence-electron chi connectivity index (χ3n) is 4.73. The number of rotatable bonds is 5. The molecule has 1 N–H and O–H groups in total. The molecule has 2 aromatic rings. The Kier molecular flexibility index (Phi) is 6.17. The topological polar surface area (TPSA) is 75.7 Å². The quantitative estimate of drug-likeness (QED) is 0.833. The first kappa shape index (κ1) is 20.5. The van der Waals surface area contributed by atoms with E-state index in [1.807, 2.05) is 38.1 Å². The van der Waals surface area contributed by atoms with E-state index in [-0.39, 0.29) is 23.0 Å². The number of amides is 1. The normalized spacial score (nSPS) is 20.7. The zero-order valence-electron chi connectivity index (χ0n) is 16.4. The zero-order valence-corrected chi connectivity index (χ0v) is 17.2. The van der Waals surface area contributed by atoms with Crippen molar-refractivity contribution in [3.63, 3.8) is 0 Å². The molecular formula is C21H26N2O4S. The SMILES string of the molecule is CCc1cccc(NC(=O)c2ccc(S(=O)(=O)N3C[C@@H](C)O[C@@H](C)C3)cc2)c1. The number of anilines is 1. The first-order valence-corrected chi connectivity index (χ1v) is 10.9. The van der Waals surface area contributed by atoms with Gasteiger partial charge in [-0.2, -0.15) is 4.31 Å². The fourth-order valence-corrected chi connectivity index (χ4v) is 4.92. The molecule has 1 aliphatic rings. The molecule has 0 bridgehead atoms. The van der Waals surface area contributed by atoms with Crippen LogP contribution in [0.4, 0.5) is 5.69 Å². The highest BCUT2D eigenvalue weighted by atomic mass is 32.2. The van der Waals surface area contributed by atoms with Gasteiger partial charge in [0.25, 0.3) is 5.91 Å². The summed E-state index contributed by atoms with van der Waals surface area (Å²) in [6, 6.07) is 13.7. The van der Waals surface area contributed by atoms with Crippen molar-refractivity contribution < 1.29 is 17.9 Å². The Hall–Kier alpha value is -2.22. The van der Waals surface area contributed by atoms with Crippen LogP contribution in [0.2, 0.25) is 0 Å². The van der Waals surface area contributed by atoms with Crippen LogP contribution in [0.3, 0.4) is 0 Å². The van der Waals surface area contributed by atoms with Gasteiger partial charge in [-0.05, 0) is 62.2 Å². The molecule has 1 saturated heterocycles. The maximum Gasteiger partial charge on any atom is 0.255 e. The van der Waals surface area contributed by atoms with E-state index in [9.17, 15) is 13.2 Å². The highest BCUT2D eigenvalue weighted by Gasteiger charge is 2.32. The third kappa shape index (κ3) is 4.60. The van der Waals surface area contributed by atoms with Crippen molar-refractivity contribution >= 4 is 21.6 Å². The summed E-state index contributed by atoms with van der Waals surface area (Å²) >= 11 is 0. The molecule has 2 atom stereocenters. The van der Waals surface area contributed by atoms with Crippen LogP contribution in [0.25, 0.3) is 0 Å². The average Bonchev–Trinajstić information content (AvgIpc) is 2.67. The Bertz CT molecular complexity index is 931. The number of carbonyl (C=O) groups excluding carboxylic acids is 1. The molecule has 3 rings (SSSR count). The van der Waals surface area contributed by atoms with Crippen molar-refractivity contribution in [2.24, 2.45) is 0 Å². The number of nitrogens with one attached hydrogen (secondary N) is 1. The largest absolute Gasteiger partial charge is 0.373 e. The first-order chi connectivity index (χ1) is 13.3. The van der Waals surface area contributed by atoms with Gasteiger partial charge in [0, 0.05) is 24.3 Å². The molecule has 28 heavy (non-hydrogen) atoms. The first-order valence-electron chi connectivity index (χ1n) is 9.45. The molecule has 0 unspecified atom stereocenters. The summed E-state index contributed by atoms with van der Waals surface area (Å²) in [6.45, 7) is 6.42. The van der Waals surface area contributed by atoms with Crippen LogP contribution < -0.4 is 5.32 Å². The molecule has 2 aromatic carbocycles. The van der Waals surface area contributed by atoms with Gasteiger partial charge in [0.15, 0.2) is 0 Å². The zero-order chi connectivity index (χ0) is 20.3. The average molecular weight is 403 g/mol. The summed E-state index contributed by atoms with van der Waals surface area (Å²) in [5.74, 6) is -0.272. The minimum atomic E-state index is -3.62. The van der Waals surface area contributed by atoms with Crippen molar-refractivity contribution in [2.75, 3.05) is 18.4 Å². The number of aryl methyl sites for hydroxylation is 1. The number of hydrogen-bond donors (Lipinski definition) is 1. The van der Waals surface area contributed by atoms with Gasteiger partial charge >= 0.3 is 0 Å². The standard InChI is InChI=1S/C21H26N2O4S/c1-4-17-6-5-7-19(12-17)22-21(24)18-8-10-20(11-9-18)28(25,26)23-13-15(2)27-16(3)14-23/h5-12,15-16H,4,13-14H2,1-3H3,(H,22,24)/t15-,16+. The summed E-state index contributed by atoms with van der Waals surface area (Å²) in [5, 5.41) is 2.85. The van der Waals surface area contributed by atoms with Crippen molar-refractivity contribution in [2.45, 2.75) is 44.3 Å². The molecule has 0 saturated carbocycles. The Balaban J connectivity index is 1.74. The monoisotopic (exact) mass is 402 g/mol. The lowest BCUT2D eigenvalue weighted by atomic mass is 10.1. The molecule has 1 aliphatic heterocycles. The van der Waals surface area contributed by atoms with Crippen LogP contribution in [0.1, 0.15) is 36.7 Å². The Labute approximate surface area is 166 Å². The van der Waals surface area contributed by atoms with Gasteiger partial charge in [0.2, 0.25) is 10.0 Å². The van der Waals surface area contributed by atoms with E-state index in [1.165, 1.54) is 16.4 Å². The van der Waals surface area contributed by atoms with E-state index in [2.05, 4.69) is 12.2 Å². The molecular weight excluding hydrogens is 376 g/mol. The fraction of sp³-hybridized carbons (Fsp3) is 0.381. The Morgan fingerprint density at radius 3 is 2.36 bits per heavy atom. The minimum Gasteiger partial charge on any atom is -0.373 e. The Morgan fingerprint density at radius 2 is 1.75 bits per heavy atom. The fourth-order valence-electron chi connectivity index (χ4n) is 3.33. The van der Waals surface area contributed by atoms with Crippen LogP contribution >= 0.6 is 0 Å². The highest BCUT2D eigenvalue weighted by molar-refractivity contribution is 7.89.